The molecule has 0 aliphatic carbocycles. The number of para-hydroxylation sites is 1. The first-order valence-corrected chi connectivity index (χ1v) is 5.98. The molecule has 2 rings (SSSR count). The molecule has 88 valence electrons. The summed E-state index contributed by atoms with van der Waals surface area (Å²) in [7, 11) is 1.37. The maximum atomic E-state index is 11.7. The van der Waals surface area contributed by atoms with Crippen LogP contribution < -0.4 is 5.32 Å². The van der Waals surface area contributed by atoms with Crippen LogP contribution in [0, 0.1) is 0 Å². The van der Waals surface area contributed by atoms with Crippen molar-refractivity contribution in [2.24, 2.45) is 0 Å². The predicted molar refractivity (Wildman–Crippen MR) is 66.9 cm³/mol. The molecule has 1 unspecified atom stereocenters. The Hall–Kier alpha value is -1.88. The van der Waals surface area contributed by atoms with Crippen molar-refractivity contribution in [3.8, 4) is 0 Å². The lowest BCUT2D eigenvalue weighted by atomic mass is 10.2. The summed E-state index contributed by atoms with van der Waals surface area (Å²) in [5.74, 6) is -0.344. The van der Waals surface area contributed by atoms with Crippen LogP contribution in [0.2, 0.25) is 0 Å². The number of carbonyl (C=O) groups excluding carboxylic acids is 1. The zero-order valence-electron chi connectivity index (χ0n) is 9.29. The van der Waals surface area contributed by atoms with Gasteiger partial charge in [-0.3, -0.25) is 0 Å². The standard InChI is InChI=1S/C12H12N2O2S/c1-16-12(15)10(11-13-7-8-17-11)14-9-5-3-2-4-6-9/h2-8,10,14H,1H3. The van der Waals surface area contributed by atoms with Crippen LogP contribution in [-0.2, 0) is 9.53 Å². The molecule has 0 fully saturated rings. The van der Waals surface area contributed by atoms with Gasteiger partial charge >= 0.3 is 5.97 Å². The molecule has 2 aromatic rings. The first kappa shape index (κ1) is 11.6. The average Bonchev–Trinajstić information content (AvgIpc) is 2.90. The summed E-state index contributed by atoms with van der Waals surface area (Å²) in [6, 6.07) is 8.95. The second kappa shape index (κ2) is 5.45. The largest absolute Gasteiger partial charge is 0.467 e. The molecule has 0 aliphatic heterocycles. The number of nitrogens with one attached hydrogen (secondary N) is 1. The summed E-state index contributed by atoms with van der Waals surface area (Å²) >= 11 is 1.42. The van der Waals surface area contributed by atoms with Crippen LogP contribution in [0.5, 0.6) is 0 Å². The number of ether oxygens (including phenoxy) is 1. The molecule has 0 radical (unpaired) electrons. The van der Waals surface area contributed by atoms with Gasteiger partial charge in [0.25, 0.3) is 0 Å². The van der Waals surface area contributed by atoms with Crippen LogP contribution in [0.4, 0.5) is 5.69 Å². The highest BCUT2D eigenvalue weighted by Crippen LogP contribution is 2.22. The Bertz CT molecular complexity index is 471. The number of benzene rings is 1. The van der Waals surface area contributed by atoms with E-state index in [2.05, 4.69) is 10.3 Å². The van der Waals surface area contributed by atoms with Crippen molar-refractivity contribution >= 4 is 23.0 Å². The van der Waals surface area contributed by atoms with Gasteiger partial charge in [0.1, 0.15) is 5.01 Å². The zero-order valence-corrected chi connectivity index (χ0v) is 10.1. The normalized spacial score (nSPS) is 11.8. The third-order valence-corrected chi connectivity index (χ3v) is 3.06. The lowest BCUT2D eigenvalue weighted by Crippen LogP contribution is -2.22. The molecular formula is C12H12N2O2S. The molecule has 0 aliphatic rings. The van der Waals surface area contributed by atoms with Crippen LogP contribution >= 0.6 is 11.3 Å². The van der Waals surface area contributed by atoms with E-state index in [4.69, 9.17) is 4.74 Å². The monoisotopic (exact) mass is 248 g/mol. The smallest absolute Gasteiger partial charge is 0.335 e. The van der Waals surface area contributed by atoms with E-state index in [0.717, 1.165) is 5.69 Å². The van der Waals surface area contributed by atoms with Crippen molar-refractivity contribution < 1.29 is 9.53 Å². The number of hydrogen-bond acceptors (Lipinski definition) is 5. The third-order valence-electron chi connectivity index (χ3n) is 2.22. The highest BCUT2D eigenvalue weighted by molar-refractivity contribution is 7.09. The van der Waals surface area contributed by atoms with Gasteiger partial charge in [0.15, 0.2) is 6.04 Å². The highest BCUT2D eigenvalue weighted by atomic mass is 32.1. The van der Waals surface area contributed by atoms with Crippen LogP contribution in [0.1, 0.15) is 11.0 Å². The Labute approximate surface area is 103 Å². The Kier molecular flexibility index (Phi) is 3.72. The fraction of sp³-hybridized carbons (Fsp3) is 0.167. The quantitative estimate of drug-likeness (QED) is 0.844. The summed E-state index contributed by atoms with van der Waals surface area (Å²) in [6.45, 7) is 0. The molecule has 1 aromatic heterocycles. The molecule has 1 N–H and O–H groups in total. The Morgan fingerprint density at radius 1 is 1.41 bits per heavy atom. The number of anilines is 1. The molecule has 0 amide bonds. The average molecular weight is 248 g/mol. The van der Waals surface area contributed by atoms with Crippen molar-refractivity contribution in [3.05, 3.63) is 46.9 Å². The number of nitrogens with zero attached hydrogens (tertiary/aromatic N) is 1. The first-order chi connectivity index (χ1) is 8.31. The van der Waals surface area contributed by atoms with Gasteiger partial charge in [-0.2, -0.15) is 0 Å². The molecule has 1 aromatic carbocycles. The van der Waals surface area contributed by atoms with Crippen LogP contribution in [0.25, 0.3) is 0 Å². The predicted octanol–water partition coefficient (Wildman–Crippen LogP) is 2.47. The molecule has 17 heavy (non-hydrogen) atoms. The molecule has 1 heterocycles. The van der Waals surface area contributed by atoms with Crippen molar-refractivity contribution in [2.75, 3.05) is 12.4 Å². The van der Waals surface area contributed by atoms with E-state index in [1.54, 1.807) is 6.20 Å². The van der Waals surface area contributed by atoms with Crippen LogP contribution in [0.3, 0.4) is 0 Å². The van der Waals surface area contributed by atoms with Gasteiger partial charge in [-0.15, -0.1) is 11.3 Å². The number of hydrogen-bond donors (Lipinski definition) is 1. The number of methoxy groups -OCH3 is 1. The number of rotatable bonds is 4. The van der Waals surface area contributed by atoms with Gasteiger partial charge in [0.05, 0.1) is 7.11 Å². The molecule has 5 heteroatoms. The van der Waals surface area contributed by atoms with Gasteiger partial charge < -0.3 is 10.1 Å². The minimum absolute atomic E-state index is 0.344. The van der Waals surface area contributed by atoms with Crippen LogP contribution in [0.15, 0.2) is 41.9 Å². The summed E-state index contributed by atoms with van der Waals surface area (Å²) in [5, 5.41) is 5.63. The fourth-order valence-corrected chi connectivity index (χ4v) is 2.09. The van der Waals surface area contributed by atoms with Gasteiger partial charge in [0.2, 0.25) is 0 Å². The van der Waals surface area contributed by atoms with E-state index in [1.165, 1.54) is 18.4 Å². The molecule has 0 saturated carbocycles. The lowest BCUT2D eigenvalue weighted by Gasteiger charge is -2.15. The fourth-order valence-electron chi connectivity index (χ4n) is 1.42. The lowest BCUT2D eigenvalue weighted by molar-refractivity contribution is -0.141. The summed E-state index contributed by atoms with van der Waals surface area (Å²) < 4.78 is 4.77. The van der Waals surface area contributed by atoms with Crippen molar-refractivity contribution in [1.82, 2.24) is 4.98 Å². The number of aromatic nitrogens is 1. The van der Waals surface area contributed by atoms with Crippen molar-refractivity contribution in [1.29, 1.82) is 0 Å². The van der Waals surface area contributed by atoms with E-state index in [-0.39, 0.29) is 5.97 Å². The molecule has 0 saturated heterocycles. The highest BCUT2D eigenvalue weighted by Gasteiger charge is 2.23. The van der Waals surface area contributed by atoms with Gasteiger partial charge in [0, 0.05) is 17.3 Å². The first-order valence-electron chi connectivity index (χ1n) is 5.10. The van der Waals surface area contributed by atoms with E-state index in [0.29, 0.717) is 5.01 Å². The minimum atomic E-state index is -0.553. The maximum absolute atomic E-state index is 11.7. The maximum Gasteiger partial charge on any atom is 0.335 e. The Morgan fingerprint density at radius 3 is 2.76 bits per heavy atom. The van der Waals surface area contributed by atoms with Crippen molar-refractivity contribution in [3.63, 3.8) is 0 Å². The van der Waals surface area contributed by atoms with Gasteiger partial charge in [-0.1, -0.05) is 18.2 Å². The number of carbonyl (C=O) groups is 1. The Balaban J connectivity index is 2.20. The third kappa shape index (κ3) is 2.82. The minimum Gasteiger partial charge on any atom is -0.467 e. The second-order valence-corrected chi connectivity index (χ2v) is 4.26. The zero-order chi connectivity index (χ0) is 12.1. The SMILES string of the molecule is COC(=O)C(Nc1ccccc1)c1nccs1. The number of thiazole rings is 1. The summed E-state index contributed by atoms with van der Waals surface area (Å²) in [5.41, 5.74) is 0.859. The van der Waals surface area contributed by atoms with E-state index in [9.17, 15) is 4.79 Å². The summed E-state index contributed by atoms with van der Waals surface area (Å²) in [4.78, 5) is 15.8. The summed E-state index contributed by atoms with van der Waals surface area (Å²) in [6.07, 6.45) is 1.67. The molecule has 0 bridgehead atoms. The number of esters is 1. The molecule has 1 atom stereocenters. The van der Waals surface area contributed by atoms with E-state index in [1.807, 2.05) is 35.7 Å². The Morgan fingerprint density at radius 2 is 2.18 bits per heavy atom. The van der Waals surface area contributed by atoms with Gasteiger partial charge in [-0.25, -0.2) is 9.78 Å². The van der Waals surface area contributed by atoms with Gasteiger partial charge in [-0.05, 0) is 12.1 Å². The molecule has 0 spiro atoms. The van der Waals surface area contributed by atoms with E-state index >= 15 is 0 Å². The molecule has 4 nitrogen and oxygen atoms in total. The van der Waals surface area contributed by atoms with Crippen LogP contribution in [-0.4, -0.2) is 18.1 Å². The van der Waals surface area contributed by atoms with Crippen molar-refractivity contribution in [2.45, 2.75) is 6.04 Å². The second-order valence-electron chi connectivity index (χ2n) is 3.34. The van der Waals surface area contributed by atoms with E-state index < -0.39 is 6.04 Å². The topological polar surface area (TPSA) is 51.2 Å². The molecular weight excluding hydrogens is 236 g/mol.